The zero-order chi connectivity index (χ0) is 21.6. The van der Waals surface area contributed by atoms with E-state index in [1.165, 1.54) is 23.2 Å². The van der Waals surface area contributed by atoms with Crippen molar-refractivity contribution in [1.82, 2.24) is 14.5 Å². The summed E-state index contributed by atoms with van der Waals surface area (Å²) in [6.07, 6.45) is 1.49. The Morgan fingerprint density at radius 1 is 1.17 bits per heavy atom. The van der Waals surface area contributed by atoms with Gasteiger partial charge in [0.1, 0.15) is 22.3 Å². The van der Waals surface area contributed by atoms with Crippen LogP contribution in [0.15, 0.2) is 52.3 Å². The number of nitrogens with zero attached hydrogens (tertiary/aromatic N) is 3. The number of hydrogen-bond donors (Lipinski definition) is 0. The number of fused-ring (bicyclic) bond motifs is 1. The van der Waals surface area contributed by atoms with Gasteiger partial charge in [0.05, 0.1) is 10.3 Å². The Balaban J connectivity index is 1.60. The number of aryl methyl sites for hydroxylation is 2. The maximum absolute atomic E-state index is 13.1. The number of likely N-dealkylation sites (tertiary alicyclic amines) is 1. The average Bonchev–Trinajstić information content (AvgIpc) is 2.67. The number of hydrogen-bond acceptors (Lipinski definition) is 5. The van der Waals surface area contributed by atoms with Gasteiger partial charge in [-0.05, 0) is 50.2 Å². The molecule has 0 aliphatic carbocycles. The topological polar surface area (TPSA) is 89.3 Å². The van der Waals surface area contributed by atoms with E-state index in [1.54, 1.807) is 16.7 Å². The second-order valence-electron chi connectivity index (χ2n) is 7.31. The number of aromatic nitrogens is 2. The molecule has 1 saturated heterocycles. The Labute approximate surface area is 172 Å². The van der Waals surface area contributed by atoms with Crippen LogP contribution in [-0.4, -0.2) is 47.1 Å². The van der Waals surface area contributed by atoms with Gasteiger partial charge in [0.15, 0.2) is 9.84 Å². The minimum Gasteiger partial charge on any atom is -0.336 e. The normalized spacial score (nSPS) is 14.7. The molecule has 7 nitrogen and oxygen atoms in total. The van der Waals surface area contributed by atoms with Gasteiger partial charge in [0.25, 0.3) is 5.91 Å². The van der Waals surface area contributed by atoms with Crippen molar-refractivity contribution in [3.05, 3.63) is 69.9 Å². The minimum absolute atomic E-state index is 0.00682. The Kier molecular flexibility index (Phi) is 4.93. The number of sulfone groups is 1. The van der Waals surface area contributed by atoms with Crippen molar-refractivity contribution in [2.75, 3.05) is 13.1 Å². The standard InChI is InChI=1S/C21H20FN3O4S/c1-3-24-12-18(19(26)17-9-4-13(2)23-20(17)24)21(27)25-10-16(11-25)30(28,29)15-7-5-14(22)6-8-15/h4-9,12,16H,3,10-11H2,1-2H3. The van der Waals surface area contributed by atoms with Crippen LogP contribution in [0, 0.1) is 12.7 Å². The zero-order valence-corrected chi connectivity index (χ0v) is 17.3. The molecule has 0 spiro atoms. The molecule has 0 radical (unpaired) electrons. The van der Waals surface area contributed by atoms with Crippen molar-refractivity contribution in [3.8, 4) is 0 Å². The van der Waals surface area contributed by atoms with Crippen LogP contribution < -0.4 is 5.43 Å². The highest BCUT2D eigenvalue weighted by Crippen LogP contribution is 2.25. The summed E-state index contributed by atoms with van der Waals surface area (Å²) in [5.41, 5.74) is 0.851. The Bertz CT molecular complexity index is 1310. The third-order valence-corrected chi connectivity index (χ3v) is 7.45. The highest BCUT2D eigenvalue weighted by atomic mass is 32.2. The molecule has 1 amide bonds. The molecule has 1 aliphatic heterocycles. The Morgan fingerprint density at radius 2 is 1.83 bits per heavy atom. The molecule has 0 saturated carbocycles. The monoisotopic (exact) mass is 429 g/mol. The minimum atomic E-state index is -3.68. The summed E-state index contributed by atoms with van der Waals surface area (Å²) in [5, 5.41) is -0.436. The molecule has 3 aromatic rings. The lowest BCUT2D eigenvalue weighted by Gasteiger charge is -2.38. The van der Waals surface area contributed by atoms with Crippen molar-refractivity contribution >= 4 is 26.8 Å². The molecule has 0 bridgehead atoms. The summed E-state index contributed by atoms with van der Waals surface area (Å²) in [6, 6.07) is 7.98. The maximum atomic E-state index is 13.1. The molecule has 1 aliphatic rings. The number of pyridine rings is 2. The fraction of sp³-hybridized carbons (Fsp3) is 0.286. The lowest BCUT2D eigenvalue weighted by Crippen LogP contribution is -2.57. The van der Waals surface area contributed by atoms with Gasteiger partial charge in [-0.2, -0.15) is 0 Å². The van der Waals surface area contributed by atoms with Gasteiger partial charge in [-0.1, -0.05) is 0 Å². The van der Waals surface area contributed by atoms with E-state index in [0.29, 0.717) is 17.6 Å². The van der Waals surface area contributed by atoms with Crippen molar-refractivity contribution in [1.29, 1.82) is 0 Å². The molecule has 0 unspecified atom stereocenters. The van der Waals surface area contributed by atoms with Crippen molar-refractivity contribution in [2.24, 2.45) is 0 Å². The van der Waals surface area contributed by atoms with Crippen LogP contribution in [0.3, 0.4) is 0 Å². The largest absolute Gasteiger partial charge is 0.336 e. The summed E-state index contributed by atoms with van der Waals surface area (Å²) in [7, 11) is -3.68. The fourth-order valence-electron chi connectivity index (χ4n) is 3.54. The first-order valence-corrected chi connectivity index (χ1v) is 11.1. The van der Waals surface area contributed by atoms with Gasteiger partial charge < -0.3 is 9.47 Å². The number of benzene rings is 1. The maximum Gasteiger partial charge on any atom is 0.259 e. The van der Waals surface area contributed by atoms with Crippen LogP contribution in [0.1, 0.15) is 23.0 Å². The fourth-order valence-corrected chi connectivity index (χ4v) is 5.19. The first kappa shape index (κ1) is 20.2. The van der Waals surface area contributed by atoms with E-state index in [2.05, 4.69) is 4.98 Å². The molecule has 30 heavy (non-hydrogen) atoms. The van der Waals surface area contributed by atoms with Crippen molar-refractivity contribution in [3.63, 3.8) is 0 Å². The molecule has 9 heteroatoms. The van der Waals surface area contributed by atoms with E-state index < -0.39 is 32.2 Å². The quantitative estimate of drug-likeness (QED) is 0.593. The van der Waals surface area contributed by atoms with E-state index in [-0.39, 0.29) is 23.5 Å². The van der Waals surface area contributed by atoms with Gasteiger partial charge in [-0.25, -0.2) is 17.8 Å². The van der Waals surface area contributed by atoms with E-state index >= 15 is 0 Å². The number of rotatable bonds is 4. The van der Waals surface area contributed by atoms with Gasteiger partial charge in [-0.3, -0.25) is 9.59 Å². The smallest absolute Gasteiger partial charge is 0.259 e. The van der Waals surface area contributed by atoms with Gasteiger partial charge in [0, 0.05) is 31.5 Å². The molecular formula is C21H20FN3O4S. The molecule has 0 N–H and O–H groups in total. The summed E-state index contributed by atoms with van der Waals surface area (Å²) in [4.78, 5) is 31.6. The van der Waals surface area contributed by atoms with E-state index in [0.717, 1.165) is 17.8 Å². The summed E-state index contributed by atoms with van der Waals surface area (Å²) < 4.78 is 40.2. The molecule has 2 aromatic heterocycles. The average molecular weight is 429 g/mol. The number of carbonyl (C=O) groups excluding carboxylic acids is 1. The SMILES string of the molecule is CCn1cc(C(=O)N2CC(S(=O)(=O)c3ccc(F)cc3)C2)c(=O)c2ccc(C)nc21. The highest BCUT2D eigenvalue weighted by Gasteiger charge is 2.41. The lowest BCUT2D eigenvalue weighted by atomic mass is 10.1. The molecule has 1 fully saturated rings. The van der Waals surface area contributed by atoms with Crippen LogP contribution in [0.2, 0.25) is 0 Å². The summed E-state index contributed by atoms with van der Waals surface area (Å²) >= 11 is 0. The summed E-state index contributed by atoms with van der Waals surface area (Å²) in [5.74, 6) is -1.03. The van der Waals surface area contributed by atoms with Gasteiger partial charge >= 0.3 is 0 Å². The molecule has 0 atom stereocenters. The third kappa shape index (κ3) is 3.28. The highest BCUT2D eigenvalue weighted by molar-refractivity contribution is 7.92. The molecule has 3 heterocycles. The summed E-state index contributed by atoms with van der Waals surface area (Å²) in [6.45, 7) is 4.19. The van der Waals surface area contributed by atoms with Gasteiger partial charge in [0.2, 0.25) is 5.43 Å². The number of amides is 1. The number of carbonyl (C=O) groups is 1. The van der Waals surface area contributed by atoms with E-state index in [9.17, 15) is 22.4 Å². The zero-order valence-electron chi connectivity index (χ0n) is 16.5. The van der Waals surface area contributed by atoms with Crippen LogP contribution in [-0.2, 0) is 16.4 Å². The molecule has 1 aromatic carbocycles. The number of halogens is 1. The van der Waals surface area contributed by atoms with Crippen molar-refractivity contribution < 1.29 is 17.6 Å². The van der Waals surface area contributed by atoms with Crippen LogP contribution >= 0.6 is 0 Å². The molecule has 4 rings (SSSR count). The van der Waals surface area contributed by atoms with E-state index in [1.807, 2.05) is 13.8 Å². The second kappa shape index (κ2) is 7.32. The van der Waals surface area contributed by atoms with Crippen molar-refractivity contribution in [2.45, 2.75) is 30.5 Å². The lowest BCUT2D eigenvalue weighted by molar-refractivity contribution is 0.0657. The van der Waals surface area contributed by atoms with Crippen LogP contribution in [0.25, 0.3) is 11.0 Å². The van der Waals surface area contributed by atoms with Gasteiger partial charge in [-0.15, -0.1) is 0 Å². The Hall–Kier alpha value is -3.07. The third-order valence-electron chi connectivity index (χ3n) is 5.35. The molecular weight excluding hydrogens is 409 g/mol. The first-order chi connectivity index (χ1) is 14.2. The second-order valence-corrected chi connectivity index (χ2v) is 9.54. The first-order valence-electron chi connectivity index (χ1n) is 9.52. The predicted octanol–water partition coefficient (Wildman–Crippen LogP) is 2.16. The predicted molar refractivity (Wildman–Crippen MR) is 110 cm³/mol. The molecule has 156 valence electrons. The van der Waals surface area contributed by atoms with E-state index in [4.69, 9.17) is 0 Å². The Morgan fingerprint density at radius 3 is 2.47 bits per heavy atom. The van der Waals surface area contributed by atoms with Crippen LogP contribution in [0.4, 0.5) is 4.39 Å². The van der Waals surface area contributed by atoms with Crippen LogP contribution in [0.5, 0.6) is 0 Å².